The molecular formula is C23H30ClFN2O4. The Kier molecular flexibility index (Phi) is 6.72. The van der Waals surface area contributed by atoms with Gasteiger partial charge in [-0.1, -0.05) is 18.0 Å². The van der Waals surface area contributed by atoms with Crippen LogP contribution in [0.2, 0.25) is 5.02 Å². The van der Waals surface area contributed by atoms with E-state index in [1.54, 1.807) is 7.11 Å². The Morgan fingerprint density at radius 1 is 1.26 bits per heavy atom. The van der Waals surface area contributed by atoms with E-state index in [4.69, 9.17) is 21.1 Å². The van der Waals surface area contributed by atoms with Crippen molar-refractivity contribution >= 4 is 23.4 Å². The lowest BCUT2D eigenvalue weighted by atomic mass is 9.69. The maximum atomic E-state index is 13.5. The standard InChI is InChI=1S/C23H30ClFN2O4/c1-30-16-4-2-3-14(7-16)12-26-22(29)23-9-15(10-23)20(11-23)27-21(28)13-31-17-5-6-18(24)19(25)8-17/h5-6,8,14-16,20H,2-4,7,9-13H2,1H3,(H,26,29)(H,27,28)/t14?,15?,16?,20-,23?/m0/s1. The Balaban J connectivity index is 1.21. The highest BCUT2D eigenvalue weighted by molar-refractivity contribution is 6.30. The molecule has 170 valence electrons. The zero-order valence-corrected chi connectivity index (χ0v) is 18.6. The highest BCUT2D eigenvalue weighted by Crippen LogP contribution is 2.58. The average Bonchev–Trinajstić information content (AvgIpc) is 3.28. The van der Waals surface area contributed by atoms with Crippen LogP contribution in [0.4, 0.5) is 4.39 Å². The van der Waals surface area contributed by atoms with E-state index in [9.17, 15) is 14.0 Å². The third-order valence-electron chi connectivity index (χ3n) is 7.19. The number of amides is 2. The van der Waals surface area contributed by atoms with Crippen molar-refractivity contribution in [2.75, 3.05) is 20.3 Å². The molecule has 4 aliphatic carbocycles. The van der Waals surface area contributed by atoms with Crippen LogP contribution in [-0.4, -0.2) is 44.2 Å². The fraction of sp³-hybridized carbons (Fsp3) is 0.652. The molecule has 6 nitrogen and oxygen atoms in total. The molecule has 8 heteroatoms. The number of carbonyl (C=O) groups is 2. The maximum absolute atomic E-state index is 13.5. The molecule has 4 aliphatic rings. The minimum atomic E-state index is -0.588. The smallest absolute Gasteiger partial charge is 0.258 e. The Morgan fingerprint density at radius 3 is 2.81 bits per heavy atom. The normalized spacial score (nSPS) is 31.6. The first-order chi connectivity index (χ1) is 14.9. The van der Waals surface area contributed by atoms with Crippen molar-refractivity contribution in [3.05, 3.63) is 29.0 Å². The number of ether oxygens (including phenoxy) is 2. The molecule has 2 amide bonds. The van der Waals surface area contributed by atoms with Crippen LogP contribution in [0.5, 0.6) is 5.75 Å². The topological polar surface area (TPSA) is 76.7 Å². The second-order valence-electron chi connectivity index (χ2n) is 9.29. The van der Waals surface area contributed by atoms with Crippen LogP contribution in [-0.2, 0) is 14.3 Å². The summed E-state index contributed by atoms with van der Waals surface area (Å²) in [5.41, 5.74) is -0.349. The van der Waals surface area contributed by atoms with Gasteiger partial charge in [0.15, 0.2) is 6.61 Å². The van der Waals surface area contributed by atoms with Gasteiger partial charge in [0, 0.05) is 25.8 Å². The lowest BCUT2D eigenvalue weighted by molar-refractivity contribution is -0.135. The van der Waals surface area contributed by atoms with Crippen LogP contribution in [0, 0.1) is 23.1 Å². The third kappa shape index (κ3) is 4.98. The monoisotopic (exact) mass is 452 g/mol. The number of rotatable bonds is 8. The Morgan fingerprint density at radius 2 is 2.06 bits per heavy atom. The summed E-state index contributed by atoms with van der Waals surface area (Å²) in [7, 11) is 1.75. The van der Waals surface area contributed by atoms with Gasteiger partial charge in [-0.3, -0.25) is 9.59 Å². The molecule has 0 heterocycles. The van der Waals surface area contributed by atoms with Gasteiger partial charge in [0.2, 0.25) is 5.91 Å². The molecule has 2 N–H and O–H groups in total. The van der Waals surface area contributed by atoms with Gasteiger partial charge in [0.1, 0.15) is 11.6 Å². The van der Waals surface area contributed by atoms with Gasteiger partial charge < -0.3 is 20.1 Å². The number of halogens is 2. The summed E-state index contributed by atoms with van der Waals surface area (Å²) in [6, 6.07) is 4.05. The first kappa shape index (κ1) is 22.3. The van der Waals surface area contributed by atoms with Crippen LogP contribution < -0.4 is 15.4 Å². The zero-order valence-electron chi connectivity index (χ0n) is 17.8. The first-order valence-electron chi connectivity index (χ1n) is 11.1. The average molecular weight is 453 g/mol. The molecule has 0 spiro atoms. The van der Waals surface area contributed by atoms with Crippen LogP contribution in [0.1, 0.15) is 44.9 Å². The molecule has 2 bridgehead atoms. The van der Waals surface area contributed by atoms with E-state index in [-0.39, 0.29) is 40.7 Å². The molecule has 0 saturated heterocycles. The molecule has 0 radical (unpaired) electrons. The predicted molar refractivity (Wildman–Crippen MR) is 114 cm³/mol. The number of hydrogen-bond donors (Lipinski definition) is 2. The quantitative estimate of drug-likeness (QED) is 0.633. The molecule has 1 aromatic rings. The van der Waals surface area contributed by atoms with E-state index in [1.807, 2.05) is 0 Å². The Hall–Kier alpha value is -1.86. The molecule has 31 heavy (non-hydrogen) atoms. The molecule has 0 aromatic heterocycles. The molecule has 1 aromatic carbocycles. The number of carbonyl (C=O) groups excluding carboxylic acids is 2. The molecule has 4 fully saturated rings. The van der Waals surface area contributed by atoms with Gasteiger partial charge in [-0.15, -0.1) is 0 Å². The van der Waals surface area contributed by atoms with E-state index in [2.05, 4.69) is 10.6 Å². The van der Waals surface area contributed by atoms with Crippen molar-refractivity contribution in [2.24, 2.45) is 17.3 Å². The first-order valence-corrected chi connectivity index (χ1v) is 11.4. The summed E-state index contributed by atoms with van der Waals surface area (Å²) in [6.07, 6.45) is 6.98. The second-order valence-corrected chi connectivity index (χ2v) is 9.70. The van der Waals surface area contributed by atoms with Crippen LogP contribution >= 0.6 is 11.6 Å². The molecule has 2 unspecified atom stereocenters. The van der Waals surface area contributed by atoms with Crippen molar-refractivity contribution in [3.63, 3.8) is 0 Å². The SMILES string of the molecule is COC1CCCC(CNC(=O)C23CC(C2)[C@@H](NC(=O)COc2ccc(Cl)c(F)c2)C3)C1. The summed E-state index contributed by atoms with van der Waals surface area (Å²) >= 11 is 5.65. The Labute approximate surface area is 187 Å². The van der Waals surface area contributed by atoms with Crippen molar-refractivity contribution in [1.82, 2.24) is 10.6 Å². The maximum Gasteiger partial charge on any atom is 0.258 e. The minimum absolute atomic E-state index is 0.00751. The van der Waals surface area contributed by atoms with Crippen molar-refractivity contribution in [1.29, 1.82) is 0 Å². The largest absolute Gasteiger partial charge is 0.484 e. The number of benzene rings is 1. The van der Waals surface area contributed by atoms with Gasteiger partial charge in [-0.25, -0.2) is 4.39 Å². The second kappa shape index (κ2) is 9.33. The molecule has 5 rings (SSSR count). The van der Waals surface area contributed by atoms with Crippen LogP contribution in [0.15, 0.2) is 18.2 Å². The van der Waals surface area contributed by atoms with E-state index in [1.165, 1.54) is 12.1 Å². The highest BCUT2D eigenvalue weighted by atomic mass is 35.5. The minimum Gasteiger partial charge on any atom is -0.484 e. The van der Waals surface area contributed by atoms with Crippen LogP contribution in [0.3, 0.4) is 0 Å². The summed E-state index contributed by atoms with van der Waals surface area (Å²) in [5, 5.41) is 6.16. The lowest BCUT2D eigenvalue weighted by Crippen LogP contribution is -2.46. The number of fused-ring (bicyclic) bond motifs is 1. The molecule has 4 saturated carbocycles. The number of hydrogen-bond acceptors (Lipinski definition) is 4. The van der Waals surface area contributed by atoms with Crippen molar-refractivity contribution in [2.45, 2.75) is 57.1 Å². The summed E-state index contributed by atoms with van der Waals surface area (Å²) < 4.78 is 24.3. The zero-order chi connectivity index (χ0) is 22.0. The molecule has 3 atom stereocenters. The van der Waals surface area contributed by atoms with Crippen molar-refractivity contribution in [3.8, 4) is 5.75 Å². The molecular weight excluding hydrogens is 423 g/mol. The van der Waals surface area contributed by atoms with Gasteiger partial charge >= 0.3 is 0 Å². The predicted octanol–water partition coefficient (Wildman–Crippen LogP) is 3.46. The van der Waals surface area contributed by atoms with E-state index in [0.717, 1.165) is 44.6 Å². The van der Waals surface area contributed by atoms with E-state index >= 15 is 0 Å². The van der Waals surface area contributed by atoms with Gasteiger partial charge in [-0.2, -0.15) is 0 Å². The third-order valence-corrected chi connectivity index (χ3v) is 7.50. The van der Waals surface area contributed by atoms with E-state index in [0.29, 0.717) is 30.9 Å². The van der Waals surface area contributed by atoms with Gasteiger partial charge in [0.05, 0.1) is 16.5 Å². The summed E-state index contributed by atoms with van der Waals surface area (Å²) in [5.74, 6) is 0.318. The van der Waals surface area contributed by atoms with Gasteiger partial charge in [-0.05, 0) is 62.5 Å². The van der Waals surface area contributed by atoms with Crippen LogP contribution in [0.25, 0.3) is 0 Å². The van der Waals surface area contributed by atoms with Crippen molar-refractivity contribution < 1.29 is 23.5 Å². The lowest BCUT2D eigenvalue weighted by Gasteiger charge is -2.37. The fourth-order valence-corrected chi connectivity index (χ4v) is 5.58. The number of nitrogens with one attached hydrogen (secondary N) is 2. The summed E-state index contributed by atoms with van der Waals surface area (Å²) in [4.78, 5) is 25.2. The summed E-state index contributed by atoms with van der Waals surface area (Å²) in [6.45, 7) is 0.499. The van der Waals surface area contributed by atoms with Gasteiger partial charge in [0.25, 0.3) is 5.91 Å². The Bertz CT molecular complexity index is 830. The fourth-order valence-electron chi connectivity index (χ4n) is 5.46. The molecule has 0 aliphatic heterocycles. The number of methoxy groups -OCH3 is 1. The highest BCUT2D eigenvalue weighted by Gasteiger charge is 2.60. The van der Waals surface area contributed by atoms with E-state index < -0.39 is 5.82 Å².